The van der Waals surface area contributed by atoms with Crippen LogP contribution in [0.5, 0.6) is 0 Å². The van der Waals surface area contributed by atoms with Gasteiger partial charge in [0.2, 0.25) is 5.95 Å². The number of rotatable bonds is 2. The predicted octanol–water partition coefficient (Wildman–Crippen LogP) is 4.99. The Labute approximate surface area is 142 Å². The van der Waals surface area contributed by atoms with Crippen LogP contribution in [0.25, 0.3) is 22.1 Å². The van der Waals surface area contributed by atoms with Gasteiger partial charge >= 0.3 is 6.18 Å². The molecule has 3 N–H and O–H groups in total. The number of aromatic nitrogens is 4. The zero-order chi connectivity index (χ0) is 17.8. The number of fused-ring (bicyclic) bond motifs is 2. The number of benzene rings is 1. The van der Waals surface area contributed by atoms with E-state index in [2.05, 4.69) is 25.3 Å². The highest BCUT2D eigenvalue weighted by molar-refractivity contribution is 6.29. The van der Waals surface area contributed by atoms with Crippen LogP contribution in [0, 0.1) is 5.82 Å². The molecule has 25 heavy (non-hydrogen) atoms. The van der Waals surface area contributed by atoms with Gasteiger partial charge in [0.15, 0.2) is 0 Å². The minimum absolute atomic E-state index is 0.0575. The molecule has 0 atom stereocenters. The molecule has 0 aliphatic heterocycles. The van der Waals surface area contributed by atoms with Crippen LogP contribution in [0.1, 0.15) is 5.56 Å². The van der Waals surface area contributed by atoms with Crippen LogP contribution < -0.4 is 5.32 Å². The van der Waals surface area contributed by atoms with Gasteiger partial charge in [-0.1, -0.05) is 11.6 Å². The Balaban J connectivity index is 1.75. The molecule has 0 radical (unpaired) electrons. The van der Waals surface area contributed by atoms with Crippen molar-refractivity contribution < 1.29 is 17.6 Å². The summed E-state index contributed by atoms with van der Waals surface area (Å²) in [5.74, 6) is -1.23. The summed E-state index contributed by atoms with van der Waals surface area (Å²) in [6, 6.07) is 4.78. The highest BCUT2D eigenvalue weighted by atomic mass is 35.5. The lowest BCUT2D eigenvalue weighted by Crippen LogP contribution is -2.07. The maximum Gasteiger partial charge on any atom is 0.419 e. The monoisotopic (exact) mass is 369 g/mol. The lowest BCUT2D eigenvalue weighted by Gasteiger charge is -2.06. The summed E-state index contributed by atoms with van der Waals surface area (Å²) in [6.45, 7) is 0. The SMILES string of the molecule is Fc1cc2nc(Nc3c[nH]c4ccc(Cl)nc34)[nH]c2cc1C(F)(F)F. The Kier molecular flexibility index (Phi) is 3.36. The fourth-order valence-electron chi connectivity index (χ4n) is 2.51. The topological polar surface area (TPSA) is 69.4 Å². The Bertz CT molecular complexity index is 1100. The van der Waals surface area contributed by atoms with Gasteiger partial charge in [0.1, 0.15) is 16.5 Å². The molecular weight excluding hydrogens is 362 g/mol. The molecule has 3 aromatic heterocycles. The molecule has 1 aromatic carbocycles. The van der Waals surface area contributed by atoms with Crippen molar-refractivity contribution in [2.45, 2.75) is 6.18 Å². The summed E-state index contributed by atoms with van der Waals surface area (Å²) in [7, 11) is 0. The number of nitrogens with one attached hydrogen (secondary N) is 3. The van der Waals surface area contributed by atoms with Crippen molar-refractivity contribution in [1.82, 2.24) is 19.9 Å². The fourth-order valence-corrected chi connectivity index (χ4v) is 2.65. The Morgan fingerprint density at radius 2 is 1.88 bits per heavy atom. The van der Waals surface area contributed by atoms with E-state index in [9.17, 15) is 17.6 Å². The van der Waals surface area contributed by atoms with Gasteiger partial charge in [-0.3, -0.25) is 0 Å². The molecule has 0 aliphatic carbocycles. The van der Waals surface area contributed by atoms with E-state index in [1.807, 2.05) is 0 Å². The Morgan fingerprint density at radius 3 is 2.64 bits per heavy atom. The molecule has 4 rings (SSSR count). The summed E-state index contributed by atoms with van der Waals surface area (Å²) in [5.41, 5.74) is 0.549. The second-order valence-electron chi connectivity index (χ2n) is 5.29. The van der Waals surface area contributed by atoms with Crippen LogP contribution in [0.4, 0.5) is 29.2 Å². The van der Waals surface area contributed by atoms with Gasteiger partial charge in [-0.2, -0.15) is 13.2 Å². The maximum atomic E-state index is 13.6. The molecule has 5 nitrogen and oxygen atoms in total. The van der Waals surface area contributed by atoms with E-state index in [-0.39, 0.29) is 22.1 Å². The number of alkyl halides is 3. The highest BCUT2D eigenvalue weighted by Gasteiger charge is 2.34. The number of imidazole rings is 1. The van der Waals surface area contributed by atoms with Gasteiger partial charge in [-0.05, 0) is 18.2 Å². The van der Waals surface area contributed by atoms with E-state index in [1.54, 1.807) is 18.3 Å². The first-order valence-electron chi connectivity index (χ1n) is 6.98. The second-order valence-corrected chi connectivity index (χ2v) is 5.68. The number of H-pyrrole nitrogens is 2. The molecule has 4 aromatic rings. The summed E-state index contributed by atoms with van der Waals surface area (Å²) in [4.78, 5) is 13.9. The Hall–Kier alpha value is -2.81. The lowest BCUT2D eigenvalue weighted by atomic mass is 10.2. The van der Waals surface area contributed by atoms with Crippen LogP contribution in [0.2, 0.25) is 5.15 Å². The second kappa shape index (κ2) is 5.35. The molecule has 0 bridgehead atoms. The highest BCUT2D eigenvalue weighted by Crippen LogP contribution is 2.34. The zero-order valence-electron chi connectivity index (χ0n) is 12.2. The van der Waals surface area contributed by atoms with Crippen molar-refractivity contribution in [3.63, 3.8) is 0 Å². The van der Waals surface area contributed by atoms with Crippen molar-refractivity contribution in [2.75, 3.05) is 5.32 Å². The number of anilines is 2. The van der Waals surface area contributed by atoms with E-state index in [0.717, 1.165) is 6.07 Å². The Morgan fingerprint density at radius 1 is 1.08 bits per heavy atom. The third kappa shape index (κ3) is 2.76. The van der Waals surface area contributed by atoms with E-state index < -0.39 is 17.6 Å². The van der Waals surface area contributed by atoms with E-state index in [4.69, 9.17) is 11.6 Å². The summed E-state index contributed by atoms with van der Waals surface area (Å²) >= 11 is 5.87. The van der Waals surface area contributed by atoms with E-state index >= 15 is 0 Å². The smallest absolute Gasteiger partial charge is 0.358 e. The summed E-state index contributed by atoms with van der Waals surface area (Å²) in [6.07, 6.45) is -3.17. The van der Waals surface area contributed by atoms with Gasteiger partial charge in [-0.25, -0.2) is 14.4 Å². The minimum Gasteiger partial charge on any atom is -0.358 e. The summed E-state index contributed by atoms with van der Waals surface area (Å²) < 4.78 is 52.0. The third-order valence-electron chi connectivity index (χ3n) is 3.62. The van der Waals surface area contributed by atoms with Crippen molar-refractivity contribution >= 4 is 45.3 Å². The standard InChI is InChI=1S/C15H8ClF4N5/c16-12-2-1-8-13(25-12)11(5-21-8)24-14-22-9-3-6(15(18,19)20)7(17)4-10(9)23-14/h1-5,21H,(H2,22,23,24). The number of aromatic amines is 2. The molecule has 128 valence electrons. The van der Waals surface area contributed by atoms with Crippen molar-refractivity contribution in [2.24, 2.45) is 0 Å². The molecule has 10 heteroatoms. The number of halogens is 5. The first kappa shape index (κ1) is 15.7. The molecule has 0 spiro atoms. The fraction of sp³-hybridized carbons (Fsp3) is 0.0667. The van der Waals surface area contributed by atoms with Crippen molar-refractivity contribution in [1.29, 1.82) is 0 Å². The van der Waals surface area contributed by atoms with Crippen LogP contribution in [-0.2, 0) is 6.18 Å². The van der Waals surface area contributed by atoms with Gasteiger partial charge in [-0.15, -0.1) is 0 Å². The van der Waals surface area contributed by atoms with Crippen LogP contribution >= 0.6 is 11.6 Å². The van der Waals surface area contributed by atoms with Crippen LogP contribution in [0.15, 0.2) is 30.5 Å². The number of hydrogen-bond donors (Lipinski definition) is 3. The lowest BCUT2D eigenvalue weighted by molar-refractivity contribution is -0.139. The first-order valence-corrected chi connectivity index (χ1v) is 7.36. The first-order chi connectivity index (χ1) is 11.8. The minimum atomic E-state index is -4.78. The average molecular weight is 370 g/mol. The van der Waals surface area contributed by atoms with Gasteiger partial charge < -0.3 is 15.3 Å². The maximum absolute atomic E-state index is 13.6. The largest absolute Gasteiger partial charge is 0.419 e. The van der Waals surface area contributed by atoms with Crippen LogP contribution in [-0.4, -0.2) is 19.9 Å². The number of nitrogens with zero attached hydrogens (tertiary/aromatic N) is 2. The molecule has 3 heterocycles. The predicted molar refractivity (Wildman–Crippen MR) is 85.4 cm³/mol. The summed E-state index contributed by atoms with van der Waals surface area (Å²) in [5, 5.41) is 3.19. The molecule has 0 saturated carbocycles. The normalized spacial score (nSPS) is 12.2. The van der Waals surface area contributed by atoms with Crippen molar-refractivity contribution in [3.05, 3.63) is 47.0 Å². The van der Waals surface area contributed by atoms with E-state index in [0.29, 0.717) is 22.8 Å². The van der Waals surface area contributed by atoms with E-state index in [1.165, 1.54) is 0 Å². The van der Waals surface area contributed by atoms with Crippen molar-refractivity contribution in [3.8, 4) is 0 Å². The molecule has 0 fully saturated rings. The molecule has 0 amide bonds. The van der Waals surface area contributed by atoms with Gasteiger partial charge in [0.25, 0.3) is 0 Å². The number of pyridine rings is 1. The van der Waals surface area contributed by atoms with Gasteiger partial charge in [0, 0.05) is 12.3 Å². The molecule has 0 unspecified atom stereocenters. The molecular formula is C15H8ClF4N5. The average Bonchev–Trinajstić information content (AvgIpc) is 3.09. The quantitative estimate of drug-likeness (QED) is 0.344. The molecule has 0 aliphatic rings. The molecule has 0 saturated heterocycles. The van der Waals surface area contributed by atoms with Crippen LogP contribution in [0.3, 0.4) is 0 Å². The third-order valence-corrected chi connectivity index (χ3v) is 3.83. The zero-order valence-corrected chi connectivity index (χ0v) is 12.9. The van der Waals surface area contributed by atoms with Gasteiger partial charge in [0.05, 0.1) is 27.8 Å². The number of hydrogen-bond acceptors (Lipinski definition) is 3.